The largest absolute Gasteiger partial charge is 0.398 e. The van der Waals surface area contributed by atoms with Crippen molar-refractivity contribution >= 4 is 29.1 Å². The Morgan fingerprint density at radius 2 is 1.76 bits per heavy atom. The van der Waals surface area contributed by atoms with Gasteiger partial charge in [0, 0.05) is 27.0 Å². The summed E-state index contributed by atoms with van der Waals surface area (Å²) >= 11 is 7.36. The summed E-state index contributed by atoms with van der Waals surface area (Å²) in [6.45, 7) is 3.89. The molecule has 0 spiro atoms. The topological polar surface area (TPSA) is 51.8 Å². The molecule has 1 aromatic carbocycles. The number of nitrogens with two attached hydrogens (primary N) is 1. The molecule has 0 aliphatic heterocycles. The third kappa shape index (κ3) is 3.11. The quantitative estimate of drug-likeness (QED) is 0.667. The molecule has 0 aliphatic carbocycles. The van der Waals surface area contributed by atoms with Gasteiger partial charge < -0.3 is 5.73 Å². The monoisotopic (exact) mass is 265 g/mol. The lowest BCUT2D eigenvalue weighted by Crippen LogP contribution is -1.94. The molecule has 0 atom stereocenters. The number of aromatic nitrogens is 2. The zero-order chi connectivity index (χ0) is 12.4. The first-order valence-electron chi connectivity index (χ1n) is 5.10. The average molecular weight is 266 g/mol. The summed E-state index contributed by atoms with van der Waals surface area (Å²) in [5.74, 6) is 0. The minimum absolute atomic E-state index is 0.658. The Labute approximate surface area is 109 Å². The summed E-state index contributed by atoms with van der Waals surface area (Å²) < 4.78 is 0. The fourth-order valence-corrected chi connectivity index (χ4v) is 2.62. The maximum atomic E-state index is 5.94. The Kier molecular flexibility index (Phi) is 3.54. The van der Waals surface area contributed by atoms with E-state index in [1.165, 1.54) is 11.8 Å². The predicted octanol–water partition coefficient (Wildman–Crippen LogP) is 3.48. The van der Waals surface area contributed by atoms with E-state index >= 15 is 0 Å². The molecule has 0 unspecified atom stereocenters. The van der Waals surface area contributed by atoms with E-state index in [4.69, 9.17) is 17.3 Å². The molecule has 1 heterocycles. The molecular formula is C12H12ClN3S. The molecule has 2 aromatic rings. The zero-order valence-corrected chi connectivity index (χ0v) is 11.1. The fraction of sp³-hybridized carbons (Fsp3) is 0.167. The Bertz CT molecular complexity index is 537. The molecule has 0 aliphatic rings. The van der Waals surface area contributed by atoms with Gasteiger partial charge in [0.1, 0.15) is 0 Å². The van der Waals surface area contributed by atoms with E-state index in [0.717, 1.165) is 16.3 Å². The minimum atomic E-state index is 0.658. The highest BCUT2D eigenvalue weighted by Gasteiger charge is 2.06. The predicted molar refractivity (Wildman–Crippen MR) is 71.5 cm³/mol. The van der Waals surface area contributed by atoms with Gasteiger partial charge in [0.25, 0.3) is 0 Å². The number of rotatable bonds is 2. The first-order chi connectivity index (χ1) is 8.04. The van der Waals surface area contributed by atoms with Crippen LogP contribution >= 0.6 is 23.4 Å². The highest BCUT2D eigenvalue weighted by molar-refractivity contribution is 7.99. The molecule has 3 nitrogen and oxygen atoms in total. The number of nitrogens with zero attached hydrogens (tertiary/aromatic N) is 2. The van der Waals surface area contributed by atoms with Gasteiger partial charge in [-0.05, 0) is 49.9 Å². The van der Waals surface area contributed by atoms with Gasteiger partial charge in [0.05, 0.1) is 0 Å². The number of benzene rings is 1. The number of anilines is 1. The van der Waals surface area contributed by atoms with Crippen LogP contribution in [-0.2, 0) is 0 Å². The van der Waals surface area contributed by atoms with Gasteiger partial charge in [-0.15, -0.1) is 0 Å². The third-order valence-electron chi connectivity index (χ3n) is 2.14. The highest BCUT2D eigenvalue weighted by Crippen LogP contribution is 2.32. The van der Waals surface area contributed by atoms with Crippen LogP contribution in [0, 0.1) is 13.8 Å². The van der Waals surface area contributed by atoms with Crippen LogP contribution in [0.5, 0.6) is 0 Å². The van der Waals surface area contributed by atoms with E-state index in [2.05, 4.69) is 9.97 Å². The van der Waals surface area contributed by atoms with E-state index in [-0.39, 0.29) is 0 Å². The summed E-state index contributed by atoms with van der Waals surface area (Å²) in [5, 5.41) is 1.35. The SMILES string of the molecule is Cc1cc(C)nc(Sc2cc(Cl)ccc2N)n1. The first kappa shape index (κ1) is 12.2. The lowest BCUT2D eigenvalue weighted by molar-refractivity contribution is 0.902. The molecule has 1 aromatic heterocycles. The second-order valence-electron chi connectivity index (χ2n) is 3.72. The molecule has 17 heavy (non-hydrogen) atoms. The first-order valence-corrected chi connectivity index (χ1v) is 6.29. The van der Waals surface area contributed by atoms with Gasteiger partial charge in [-0.2, -0.15) is 0 Å². The molecule has 88 valence electrons. The van der Waals surface area contributed by atoms with Crippen molar-refractivity contribution in [3.63, 3.8) is 0 Å². The molecule has 0 saturated heterocycles. The summed E-state index contributed by atoms with van der Waals surface area (Å²) in [6.07, 6.45) is 0. The standard InChI is InChI=1S/C12H12ClN3S/c1-7-5-8(2)16-12(15-7)17-11-6-9(13)3-4-10(11)14/h3-6H,14H2,1-2H3. The molecule has 5 heteroatoms. The lowest BCUT2D eigenvalue weighted by Gasteiger charge is -2.06. The van der Waals surface area contributed by atoms with Crippen molar-refractivity contribution in [3.05, 3.63) is 40.7 Å². The summed E-state index contributed by atoms with van der Waals surface area (Å²) in [6, 6.07) is 7.31. The molecular weight excluding hydrogens is 254 g/mol. The van der Waals surface area contributed by atoms with Crippen LogP contribution in [0.4, 0.5) is 5.69 Å². The Morgan fingerprint density at radius 3 is 2.41 bits per heavy atom. The molecule has 0 fully saturated rings. The zero-order valence-electron chi connectivity index (χ0n) is 9.57. The van der Waals surface area contributed by atoms with Crippen LogP contribution in [0.15, 0.2) is 34.3 Å². The molecule has 0 amide bonds. The van der Waals surface area contributed by atoms with E-state index in [9.17, 15) is 0 Å². The van der Waals surface area contributed by atoms with Crippen molar-refractivity contribution in [2.45, 2.75) is 23.9 Å². The highest BCUT2D eigenvalue weighted by atomic mass is 35.5. The van der Waals surface area contributed by atoms with Gasteiger partial charge in [0.2, 0.25) is 0 Å². The summed E-state index contributed by atoms with van der Waals surface area (Å²) in [5.41, 5.74) is 8.45. The number of hydrogen-bond donors (Lipinski definition) is 1. The van der Waals surface area contributed by atoms with Gasteiger partial charge in [0.15, 0.2) is 5.16 Å². The number of aryl methyl sites for hydroxylation is 2. The third-order valence-corrected chi connectivity index (χ3v) is 3.31. The van der Waals surface area contributed by atoms with E-state index in [1.807, 2.05) is 26.0 Å². The van der Waals surface area contributed by atoms with Crippen molar-refractivity contribution < 1.29 is 0 Å². The van der Waals surface area contributed by atoms with Crippen molar-refractivity contribution in [1.82, 2.24) is 9.97 Å². The molecule has 2 N–H and O–H groups in total. The van der Waals surface area contributed by atoms with Gasteiger partial charge >= 0.3 is 0 Å². The maximum absolute atomic E-state index is 5.94. The summed E-state index contributed by atoms with van der Waals surface area (Å²) in [7, 11) is 0. The number of nitrogen functional groups attached to an aromatic ring is 1. The van der Waals surface area contributed by atoms with E-state index in [0.29, 0.717) is 15.9 Å². The van der Waals surface area contributed by atoms with Crippen molar-refractivity contribution in [2.24, 2.45) is 0 Å². The van der Waals surface area contributed by atoms with Gasteiger partial charge in [-0.1, -0.05) is 11.6 Å². The Hall–Kier alpha value is -1.26. The average Bonchev–Trinajstić information content (AvgIpc) is 2.22. The second kappa shape index (κ2) is 4.94. The van der Waals surface area contributed by atoms with Crippen molar-refractivity contribution in [3.8, 4) is 0 Å². The maximum Gasteiger partial charge on any atom is 0.192 e. The normalized spacial score (nSPS) is 10.5. The molecule has 0 saturated carbocycles. The van der Waals surface area contributed by atoms with Crippen LogP contribution in [0.1, 0.15) is 11.4 Å². The lowest BCUT2D eigenvalue weighted by atomic mass is 10.3. The van der Waals surface area contributed by atoms with Gasteiger partial charge in [-0.3, -0.25) is 0 Å². The van der Waals surface area contributed by atoms with Gasteiger partial charge in [-0.25, -0.2) is 9.97 Å². The second-order valence-corrected chi connectivity index (χ2v) is 5.16. The number of halogens is 1. The minimum Gasteiger partial charge on any atom is -0.398 e. The Balaban J connectivity index is 2.34. The fourth-order valence-electron chi connectivity index (χ4n) is 1.43. The van der Waals surface area contributed by atoms with Crippen molar-refractivity contribution in [1.29, 1.82) is 0 Å². The molecule has 2 rings (SSSR count). The number of hydrogen-bond acceptors (Lipinski definition) is 4. The molecule has 0 radical (unpaired) electrons. The smallest absolute Gasteiger partial charge is 0.192 e. The van der Waals surface area contributed by atoms with Crippen LogP contribution in [0.2, 0.25) is 5.02 Å². The van der Waals surface area contributed by atoms with Crippen LogP contribution < -0.4 is 5.73 Å². The Morgan fingerprint density at radius 1 is 1.12 bits per heavy atom. The van der Waals surface area contributed by atoms with Crippen LogP contribution in [0.3, 0.4) is 0 Å². The van der Waals surface area contributed by atoms with E-state index in [1.54, 1.807) is 12.1 Å². The van der Waals surface area contributed by atoms with Crippen LogP contribution in [-0.4, -0.2) is 9.97 Å². The van der Waals surface area contributed by atoms with Crippen molar-refractivity contribution in [2.75, 3.05) is 5.73 Å². The van der Waals surface area contributed by atoms with Crippen LogP contribution in [0.25, 0.3) is 0 Å². The summed E-state index contributed by atoms with van der Waals surface area (Å²) in [4.78, 5) is 9.58. The molecule has 0 bridgehead atoms. The van der Waals surface area contributed by atoms with E-state index < -0.39 is 0 Å².